The van der Waals surface area contributed by atoms with Crippen LogP contribution >= 0.6 is 0 Å². The van der Waals surface area contributed by atoms with E-state index in [1.54, 1.807) is 0 Å². The standard InChI is InChI=1S/C18H21FN6O2S/c1-2-24-12-14(11-20-24)28(26,27)23-13-7-8-16(19)15(10-13)18-22-21-17-6-4-3-5-9-25(17)18/h7-8,10-12,23H,2-6,9H2,1H3. The third-order valence-corrected chi connectivity index (χ3v) is 6.15. The highest BCUT2D eigenvalue weighted by molar-refractivity contribution is 7.92. The van der Waals surface area contributed by atoms with Gasteiger partial charge >= 0.3 is 0 Å². The normalized spacial score (nSPS) is 14.5. The minimum atomic E-state index is -3.82. The molecule has 0 saturated heterocycles. The van der Waals surface area contributed by atoms with E-state index in [1.807, 2.05) is 11.5 Å². The summed E-state index contributed by atoms with van der Waals surface area (Å²) in [7, 11) is -3.82. The van der Waals surface area contributed by atoms with Gasteiger partial charge in [-0.05, 0) is 38.0 Å². The second-order valence-electron chi connectivity index (χ2n) is 6.73. The number of nitrogens with zero attached hydrogens (tertiary/aromatic N) is 5. The van der Waals surface area contributed by atoms with Gasteiger partial charge in [-0.2, -0.15) is 5.10 Å². The summed E-state index contributed by atoms with van der Waals surface area (Å²) >= 11 is 0. The molecular weight excluding hydrogens is 383 g/mol. The Morgan fingerprint density at radius 2 is 2.07 bits per heavy atom. The fourth-order valence-electron chi connectivity index (χ4n) is 3.31. The summed E-state index contributed by atoms with van der Waals surface area (Å²) in [6.07, 6.45) is 6.65. The maximum Gasteiger partial charge on any atom is 0.265 e. The molecule has 0 spiro atoms. The van der Waals surface area contributed by atoms with Crippen molar-refractivity contribution in [1.29, 1.82) is 0 Å². The van der Waals surface area contributed by atoms with Gasteiger partial charge in [-0.1, -0.05) is 6.42 Å². The summed E-state index contributed by atoms with van der Waals surface area (Å²) < 4.78 is 45.7. The highest BCUT2D eigenvalue weighted by Crippen LogP contribution is 2.28. The molecule has 8 nitrogen and oxygen atoms in total. The first kappa shape index (κ1) is 18.6. The molecule has 3 aromatic rings. The summed E-state index contributed by atoms with van der Waals surface area (Å²) in [5.41, 5.74) is 0.483. The number of fused-ring (bicyclic) bond motifs is 1. The third kappa shape index (κ3) is 3.51. The molecule has 1 aliphatic heterocycles. The fraction of sp³-hybridized carbons (Fsp3) is 0.389. The van der Waals surface area contributed by atoms with Crippen molar-refractivity contribution in [1.82, 2.24) is 24.5 Å². The predicted octanol–water partition coefficient (Wildman–Crippen LogP) is 2.83. The van der Waals surface area contributed by atoms with Crippen molar-refractivity contribution in [2.45, 2.75) is 50.6 Å². The molecule has 148 valence electrons. The Hall–Kier alpha value is -2.75. The van der Waals surface area contributed by atoms with Crippen LogP contribution in [0.1, 0.15) is 32.0 Å². The molecule has 10 heteroatoms. The van der Waals surface area contributed by atoms with Crippen molar-refractivity contribution in [3.8, 4) is 11.4 Å². The predicted molar refractivity (Wildman–Crippen MR) is 102 cm³/mol. The second-order valence-corrected chi connectivity index (χ2v) is 8.42. The van der Waals surface area contributed by atoms with Gasteiger partial charge in [0.2, 0.25) is 0 Å². The van der Waals surface area contributed by atoms with Crippen LogP contribution in [0.3, 0.4) is 0 Å². The molecular formula is C18H21FN6O2S. The molecule has 28 heavy (non-hydrogen) atoms. The van der Waals surface area contributed by atoms with E-state index in [0.29, 0.717) is 12.4 Å². The zero-order chi connectivity index (χ0) is 19.7. The lowest BCUT2D eigenvalue weighted by Gasteiger charge is -2.11. The van der Waals surface area contributed by atoms with Crippen LogP contribution in [0.15, 0.2) is 35.5 Å². The van der Waals surface area contributed by atoms with Crippen molar-refractivity contribution >= 4 is 15.7 Å². The summed E-state index contributed by atoms with van der Waals surface area (Å²) in [6, 6.07) is 4.08. The summed E-state index contributed by atoms with van der Waals surface area (Å²) in [6.45, 7) is 3.15. The highest BCUT2D eigenvalue weighted by Gasteiger charge is 2.21. The van der Waals surface area contributed by atoms with E-state index in [-0.39, 0.29) is 16.1 Å². The first-order valence-corrected chi connectivity index (χ1v) is 10.7. The van der Waals surface area contributed by atoms with Crippen LogP contribution in [0.4, 0.5) is 10.1 Å². The summed E-state index contributed by atoms with van der Waals surface area (Å²) in [4.78, 5) is 0.0524. The average Bonchev–Trinajstić information content (AvgIpc) is 3.25. The van der Waals surface area contributed by atoms with E-state index >= 15 is 0 Å². The van der Waals surface area contributed by atoms with Crippen LogP contribution in [0.2, 0.25) is 0 Å². The lowest BCUT2D eigenvalue weighted by molar-refractivity contribution is 0.600. The number of aryl methyl sites for hydroxylation is 2. The van der Waals surface area contributed by atoms with Gasteiger partial charge in [-0.15, -0.1) is 10.2 Å². The zero-order valence-electron chi connectivity index (χ0n) is 15.5. The smallest absolute Gasteiger partial charge is 0.265 e. The van der Waals surface area contributed by atoms with Crippen molar-refractivity contribution in [3.05, 3.63) is 42.2 Å². The topological polar surface area (TPSA) is 94.7 Å². The van der Waals surface area contributed by atoms with Gasteiger partial charge in [-0.25, -0.2) is 12.8 Å². The molecule has 3 heterocycles. The summed E-state index contributed by atoms with van der Waals surface area (Å²) in [5, 5.41) is 12.3. The van der Waals surface area contributed by atoms with E-state index in [0.717, 1.165) is 38.1 Å². The molecule has 1 N–H and O–H groups in total. The minimum absolute atomic E-state index is 0.0524. The lowest BCUT2D eigenvalue weighted by atomic mass is 10.1. The number of nitrogens with one attached hydrogen (secondary N) is 1. The van der Waals surface area contributed by atoms with Crippen molar-refractivity contribution in [2.24, 2.45) is 0 Å². The molecule has 0 saturated carbocycles. The molecule has 0 aliphatic carbocycles. The van der Waals surface area contributed by atoms with Crippen LogP contribution in [0.5, 0.6) is 0 Å². The molecule has 0 atom stereocenters. The Kier molecular flexibility index (Phi) is 4.88. The van der Waals surface area contributed by atoms with E-state index in [2.05, 4.69) is 20.0 Å². The number of aromatic nitrogens is 5. The van der Waals surface area contributed by atoms with E-state index in [4.69, 9.17) is 0 Å². The van der Waals surface area contributed by atoms with E-state index in [9.17, 15) is 12.8 Å². The molecule has 2 aromatic heterocycles. The Bertz CT molecular complexity index is 1110. The first-order chi connectivity index (χ1) is 13.5. The van der Waals surface area contributed by atoms with Gasteiger partial charge < -0.3 is 4.57 Å². The minimum Gasteiger partial charge on any atom is -0.311 e. The lowest BCUT2D eigenvalue weighted by Crippen LogP contribution is -2.13. The Morgan fingerprint density at radius 1 is 1.21 bits per heavy atom. The summed E-state index contributed by atoms with van der Waals surface area (Å²) in [5.74, 6) is 0.792. The van der Waals surface area contributed by atoms with Gasteiger partial charge in [0.1, 0.15) is 16.5 Å². The van der Waals surface area contributed by atoms with Gasteiger partial charge in [-0.3, -0.25) is 9.40 Å². The SMILES string of the molecule is CCn1cc(S(=O)(=O)Nc2ccc(F)c(-c3nnc4n3CCCCC4)c2)cn1. The Morgan fingerprint density at radius 3 is 2.86 bits per heavy atom. The second kappa shape index (κ2) is 7.34. The van der Waals surface area contributed by atoms with Gasteiger partial charge in [0.05, 0.1) is 11.8 Å². The van der Waals surface area contributed by atoms with Crippen LogP contribution in [-0.4, -0.2) is 33.0 Å². The largest absolute Gasteiger partial charge is 0.311 e. The number of sulfonamides is 1. The number of rotatable bonds is 5. The molecule has 0 bridgehead atoms. The number of halogens is 1. The number of benzene rings is 1. The van der Waals surface area contributed by atoms with Crippen LogP contribution < -0.4 is 4.72 Å². The molecule has 1 aromatic carbocycles. The molecule has 1 aliphatic rings. The van der Waals surface area contributed by atoms with Gasteiger partial charge in [0.25, 0.3) is 10.0 Å². The first-order valence-electron chi connectivity index (χ1n) is 9.25. The number of hydrogen-bond acceptors (Lipinski definition) is 5. The fourth-order valence-corrected chi connectivity index (χ4v) is 4.32. The molecule has 0 fully saturated rings. The van der Waals surface area contributed by atoms with Gasteiger partial charge in [0, 0.05) is 31.4 Å². The molecule has 4 rings (SSSR count). The van der Waals surface area contributed by atoms with Crippen LogP contribution in [0.25, 0.3) is 11.4 Å². The van der Waals surface area contributed by atoms with Crippen molar-refractivity contribution in [2.75, 3.05) is 4.72 Å². The highest BCUT2D eigenvalue weighted by atomic mass is 32.2. The maximum atomic E-state index is 14.5. The maximum absolute atomic E-state index is 14.5. The third-order valence-electron chi connectivity index (χ3n) is 4.81. The number of hydrogen-bond donors (Lipinski definition) is 1. The van der Waals surface area contributed by atoms with Gasteiger partial charge in [0.15, 0.2) is 5.82 Å². The molecule has 0 amide bonds. The molecule has 0 radical (unpaired) electrons. The van der Waals surface area contributed by atoms with E-state index < -0.39 is 15.8 Å². The number of anilines is 1. The quantitative estimate of drug-likeness (QED) is 0.706. The average molecular weight is 404 g/mol. The molecule has 0 unspecified atom stereocenters. The Balaban J connectivity index is 1.67. The van der Waals surface area contributed by atoms with Crippen LogP contribution in [-0.2, 0) is 29.5 Å². The van der Waals surface area contributed by atoms with Crippen molar-refractivity contribution in [3.63, 3.8) is 0 Å². The Labute approximate surface area is 162 Å². The van der Waals surface area contributed by atoms with E-state index in [1.165, 1.54) is 35.3 Å². The van der Waals surface area contributed by atoms with Crippen molar-refractivity contribution < 1.29 is 12.8 Å². The van der Waals surface area contributed by atoms with Crippen LogP contribution in [0, 0.1) is 5.82 Å². The zero-order valence-corrected chi connectivity index (χ0v) is 16.3. The monoisotopic (exact) mass is 404 g/mol.